The fourth-order valence-corrected chi connectivity index (χ4v) is 5.28. The van der Waals surface area contributed by atoms with Crippen LogP contribution in [0.5, 0.6) is 0 Å². The van der Waals surface area contributed by atoms with Crippen LogP contribution in [0.1, 0.15) is 10.4 Å². The topological polar surface area (TPSA) is 100 Å². The highest BCUT2D eigenvalue weighted by molar-refractivity contribution is 7.99. The van der Waals surface area contributed by atoms with Crippen LogP contribution >= 0.6 is 11.9 Å². The van der Waals surface area contributed by atoms with Crippen LogP contribution in [0.15, 0.2) is 77.2 Å². The number of carbonyl (C=O) groups excluding carboxylic acids is 1. The number of aromatic nitrogens is 2. The molecule has 0 aliphatic carbocycles. The van der Waals surface area contributed by atoms with Crippen molar-refractivity contribution < 1.29 is 18.0 Å². The largest absolute Gasteiger partial charge is 0.455 e. The van der Waals surface area contributed by atoms with E-state index in [1.807, 2.05) is 29.7 Å². The van der Waals surface area contributed by atoms with Gasteiger partial charge in [-0.1, -0.05) is 18.0 Å². The number of benzene rings is 3. The van der Waals surface area contributed by atoms with E-state index in [-0.39, 0.29) is 17.5 Å². The average Bonchev–Trinajstić information content (AvgIpc) is 3.59. The van der Waals surface area contributed by atoms with Crippen LogP contribution in [0.3, 0.4) is 0 Å². The summed E-state index contributed by atoms with van der Waals surface area (Å²) in [6, 6.07) is 19.6. The van der Waals surface area contributed by atoms with Gasteiger partial charge in [0.05, 0.1) is 28.3 Å². The lowest BCUT2D eigenvalue weighted by atomic mass is 10.0. The number of hydrogen-bond acceptors (Lipinski definition) is 6. The highest BCUT2D eigenvalue weighted by Gasteiger charge is 2.25. The second-order valence-corrected chi connectivity index (χ2v) is 10.4. The Hall–Kier alpha value is -4.83. The van der Waals surface area contributed by atoms with Gasteiger partial charge in [-0.25, -0.2) is 13.8 Å². The molecule has 7 nitrogen and oxygen atoms in total. The van der Waals surface area contributed by atoms with Gasteiger partial charge in [-0.3, -0.25) is 4.79 Å². The highest BCUT2D eigenvalue weighted by atomic mass is 32.2. The number of hydrogen-bond donors (Lipinski definition) is 3. The van der Waals surface area contributed by atoms with Gasteiger partial charge in [-0.2, -0.15) is 0 Å². The number of H-pyrrole nitrogens is 1. The Morgan fingerprint density at radius 2 is 1.83 bits per heavy atom. The van der Waals surface area contributed by atoms with E-state index in [0.717, 1.165) is 11.3 Å². The first kappa shape index (κ1) is 26.4. The molecule has 6 aromatic rings. The van der Waals surface area contributed by atoms with Gasteiger partial charge < -0.3 is 24.8 Å². The molecule has 0 radical (unpaired) electrons. The number of nitrogens with zero attached hydrogens (tertiary/aromatic N) is 2. The summed E-state index contributed by atoms with van der Waals surface area (Å²) in [6.45, 7) is 0. The van der Waals surface area contributed by atoms with Crippen LogP contribution in [-0.2, 0) is 0 Å². The van der Waals surface area contributed by atoms with Gasteiger partial charge in [0, 0.05) is 53.8 Å². The third-order valence-corrected chi connectivity index (χ3v) is 7.79. The number of aromatic amines is 1. The zero-order chi connectivity index (χ0) is 28.8. The lowest BCUT2D eigenvalue weighted by molar-refractivity contribution is 0.0964. The molecule has 206 valence electrons. The second kappa shape index (κ2) is 10.3. The van der Waals surface area contributed by atoms with E-state index in [1.165, 1.54) is 30.1 Å². The number of nitrogen functional groups attached to an aromatic ring is 1. The van der Waals surface area contributed by atoms with Crippen LogP contribution in [0.4, 0.5) is 20.2 Å². The summed E-state index contributed by atoms with van der Waals surface area (Å²) in [5.74, 6) is -0.737. The fourth-order valence-electron chi connectivity index (χ4n) is 4.93. The normalized spacial score (nSPS) is 11.3. The van der Waals surface area contributed by atoms with E-state index in [2.05, 4.69) is 10.3 Å². The number of anilines is 2. The molecule has 0 unspecified atom stereocenters. The van der Waals surface area contributed by atoms with Crippen molar-refractivity contribution >= 4 is 51.1 Å². The van der Waals surface area contributed by atoms with E-state index in [1.54, 1.807) is 49.5 Å². The molecule has 0 aliphatic rings. The SMILES string of the molecule is CNC(=O)c1c(-c2ccc(F)cc2)oc2cc(N(C)SC)c(-c3ccc(N)c(-c4cc5c(F)cccc5[nH]4)n3)cc12. The van der Waals surface area contributed by atoms with E-state index in [9.17, 15) is 13.6 Å². The van der Waals surface area contributed by atoms with Crippen molar-refractivity contribution in [1.82, 2.24) is 15.3 Å². The number of amides is 1. The van der Waals surface area contributed by atoms with Gasteiger partial charge in [-0.15, -0.1) is 0 Å². The molecule has 1 amide bonds. The lowest BCUT2D eigenvalue weighted by Gasteiger charge is -2.20. The summed E-state index contributed by atoms with van der Waals surface area (Å²) in [5, 5.41) is 3.71. The number of halogens is 2. The maximum atomic E-state index is 14.4. The first-order chi connectivity index (χ1) is 19.8. The third kappa shape index (κ3) is 4.55. The van der Waals surface area contributed by atoms with Crippen molar-refractivity contribution in [3.8, 4) is 34.0 Å². The van der Waals surface area contributed by atoms with Crippen molar-refractivity contribution in [3.63, 3.8) is 0 Å². The van der Waals surface area contributed by atoms with E-state index >= 15 is 0 Å². The Kier molecular flexibility index (Phi) is 6.63. The minimum absolute atomic E-state index is 0.329. The number of nitrogens with one attached hydrogen (secondary N) is 2. The number of rotatable bonds is 6. The number of carbonyl (C=O) groups is 1. The maximum absolute atomic E-state index is 14.4. The Morgan fingerprint density at radius 1 is 1.05 bits per heavy atom. The molecule has 0 aliphatic heterocycles. The average molecular weight is 570 g/mol. The standard InChI is InChI=1S/C31H25F2N5O2S/c1-35-31(39)28-20-13-19(26(38(2)41-3)15-27(20)40-30(28)16-7-9-17(32)10-8-16)24-12-11-22(34)29(37-24)25-14-18-21(33)5-4-6-23(18)36-25/h4-15,36H,34H2,1-3H3,(H,35,39). The monoisotopic (exact) mass is 569 g/mol. The van der Waals surface area contributed by atoms with Crippen molar-refractivity contribution in [3.05, 3.63) is 90.0 Å². The Balaban J connectivity index is 1.59. The summed E-state index contributed by atoms with van der Waals surface area (Å²) in [4.78, 5) is 21.3. The molecule has 3 heterocycles. The van der Waals surface area contributed by atoms with Crippen LogP contribution in [0.25, 0.3) is 55.8 Å². The molecule has 0 spiro atoms. The first-order valence-corrected chi connectivity index (χ1v) is 13.9. The Labute approximate surface area is 238 Å². The first-order valence-electron chi connectivity index (χ1n) is 12.7. The molecular weight excluding hydrogens is 544 g/mol. The van der Waals surface area contributed by atoms with E-state index in [4.69, 9.17) is 15.1 Å². The summed E-state index contributed by atoms with van der Waals surface area (Å²) >= 11 is 1.49. The van der Waals surface area contributed by atoms with Gasteiger partial charge >= 0.3 is 0 Å². The molecule has 6 rings (SSSR count). The second-order valence-electron chi connectivity index (χ2n) is 9.46. The summed E-state index contributed by atoms with van der Waals surface area (Å²) in [5.41, 5.74) is 12.0. The predicted octanol–water partition coefficient (Wildman–Crippen LogP) is 7.24. The van der Waals surface area contributed by atoms with Crippen molar-refractivity contribution in [2.24, 2.45) is 0 Å². The van der Waals surface area contributed by atoms with Crippen LogP contribution < -0.4 is 15.4 Å². The molecule has 4 N–H and O–H groups in total. The Morgan fingerprint density at radius 3 is 2.54 bits per heavy atom. The maximum Gasteiger partial charge on any atom is 0.255 e. The quantitative estimate of drug-likeness (QED) is 0.183. The van der Waals surface area contributed by atoms with Gasteiger partial charge in [0.15, 0.2) is 0 Å². The van der Waals surface area contributed by atoms with Crippen molar-refractivity contribution in [1.29, 1.82) is 0 Å². The molecule has 3 aromatic carbocycles. The number of nitrogens with two attached hydrogens (primary N) is 1. The highest BCUT2D eigenvalue weighted by Crippen LogP contribution is 2.42. The minimum Gasteiger partial charge on any atom is -0.455 e. The molecular formula is C31H25F2N5O2S. The number of fused-ring (bicyclic) bond motifs is 2. The zero-order valence-electron chi connectivity index (χ0n) is 22.4. The summed E-state index contributed by atoms with van der Waals surface area (Å²) < 4.78 is 36.3. The van der Waals surface area contributed by atoms with Crippen molar-refractivity contribution in [2.75, 3.05) is 30.4 Å². The van der Waals surface area contributed by atoms with Gasteiger partial charge in [0.25, 0.3) is 5.91 Å². The van der Waals surface area contributed by atoms with Gasteiger partial charge in [-0.05, 0) is 60.7 Å². The van der Waals surface area contributed by atoms with Crippen molar-refractivity contribution in [2.45, 2.75) is 0 Å². The van der Waals surface area contributed by atoms with Gasteiger partial charge in [0.2, 0.25) is 0 Å². The zero-order valence-corrected chi connectivity index (χ0v) is 23.2. The van der Waals surface area contributed by atoms with Crippen LogP contribution in [0.2, 0.25) is 0 Å². The molecule has 0 saturated heterocycles. The smallest absolute Gasteiger partial charge is 0.255 e. The van der Waals surface area contributed by atoms with Gasteiger partial charge in [0.1, 0.15) is 28.7 Å². The molecule has 41 heavy (non-hydrogen) atoms. The fraction of sp³-hybridized carbons (Fsp3) is 0.0968. The molecule has 3 aromatic heterocycles. The van der Waals surface area contributed by atoms with Crippen LogP contribution in [-0.4, -0.2) is 36.2 Å². The van der Waals surface area contributed by atoms with E-state index < -0.39 is 0 Å². The summed E-state index contributed by atoms with van der Waals surface area (Å²) in [7, 11) is 3.46. The van der Waals surface area contributed by atoms with Crippen LogP contribution in [0, 0.1) is 11.6 Å². The number of furan rings is 1. The van der Waals surface area contributed by atoms with E-state index in [0.29, 0.717) is 61.5 Å². The summed E-state index contributed by atoms with van der Waals surface area (Å²) in [6.07, 6.45) is 1.94. The molecule has 0 bridgehead atoms. The number of pyridine rings is 1. The molecule has 0 atom stereocenters. The Bertz CT molecular complexity index is 1950. The minimum atomic E-state index is -0.388. The molecule has 0 saturated carbocycles. The third-order valence-electron chi connectivity index (χ3n) is 7.05. The lowest BCUT2D eigenvalue weighted by Crippen LogP contribution is -2.18. The predicted molar refractivity (Wildman–Crippen MR) is 162 cm³/mol. The molecule has 10 heteroatoms. The molecule has 0 fully saturated rings.